The minimum atomic E-state index is -0.0894. The Bertz CT molecular complexity index is 451. The highest BCUT2D eigenvalue weighted by molar-refractivity contribution is 9.11. The van der Waals surface area contributed by atoms with Crippen molar-refractivity contribution in [2.24, 2.45) is 5.73 Å². The van der Waals surface area contributed by atoms with E-state index in [0.717, 1.165) is 8.95 Å². The normalized spacial score (nSPS) is 10.1. The molecule has 0 unspecified atom stereocenters. The van der Waals surface area contributed by atoms with E-state index in [1.54, 1.807) is 11.0 Å². The van der Waals surface area contributed by atoms with Crippen LogP contribution in [0.3, 0.4) is 0 Å². The number of nitrogens with zero attached hydrogens (tertiary/aromatic N) is 1. The Morgan fingerprint density at radius 3 is 2.65 bits per heavy atom. The van der Waals surface area contributed by atoms with E-state index in [2.05, 4.69) is 31.9 Å². The first-order valence-electron chi connectivity index (χ1n) is 4.98. The first-order valence-corrected chi connectivity index (χ1v) is 6.97. The highest BCUT2D eigenvalue weighted by Gasteiger charge is 2.17. The first-order chi connectivity index (χ1) is 7.95. The third kappa shape index (κ3) is 4.04. The molecule has 0 radical (unpaired) electrons. The second-order valence-electron chi connectivity index (χ2n) is 3.41. The fourth-order valence-corrected chi connectivity index (χ4v) is 2.28. The van der Waals surface area contributed by atoms with Crippen LogP contribution in [0.4, 0.5) is 0 Å². The summed E-state index contributed by atoms with van der Waals surface area (Å²) in [5.41, 5.74) is 6.06. The fourth-order valence-electron chi connectivity index (χ4n) is 1.35. The summed E-state index contributed by atoms with van der Waals surface area (Å²) in [4.78, 5) is 14.2. The van der Waals surface area contributed by atoms with Gasteiger partial charge in [-0.1, -0.05) is 28.1 Å². The summed E-state index contributed by atoms with van der Waals surface area (Å²) >= 11 is 11.5. The third-order valence-corrected chi connectivity index (χ3v) is 3.49. The van der Waals surface area contributed by atoms with Gasteiger partial charge in [0.05, 0.1) is 17.1 Å². The van der Waals surface area contributed by atoms with E-state index in [1.807, 2.05) is 19.1 Å². The molecular formula is C11H12Br2N2OS. The highest BCUT2D eigenvalue weighted by Crippen LogP contribution is 2.22. The van der Waals surface area contributed by atoms with E-state index in [1.165, 1.54) is 0 Å². The number of hydrogen-bond donors (Lipinski definition) is 1. The van der Waals surface area contributed by atoms with Gasteiger partial charge in [-0.15, -0.1) is 0 Å². The number of hydrogen-bond acceptors (Lipinski definition) is 2. The summed E-state index contributed by atoms with van der Waals surface area (Å²) in [7, 11) is 0. The van der Waals surface area contributed by atoms with Gasteiger partial charge in [0.1, 0.15) is 0 Å². The number of nitrogens with two attached hydrogens (primary N) is 1. The number of halogens is 2. The molecule has 0 fully saturated rings. The van der Waals surface area contributed by atoms with E-state index < -0.39 is 0 Å². The number of likely N-dealkylation sites (N-methyl/N-ethyl adjacent to an activating group) is 1. The van der Waals surface area contributed by atoms with Crippen molar-refractivity contribution in [2.45, 2.75) is 6.92 Å². The average molecular weight is 380 g/mol. The Kier molecular flexibility index (Phi) is 5.55. The predicted molar refractivity (Wildman–Crippen MR) is 80.2 cm³/mol. The molecule has 2 N–H and O–H groups in total. The van der Waals surface area contributed by atoms with Crippen molar-refractivity contribution in [3.8, 4) is 0 Å². The smallest absolute Gasteiger partial charge is 0.255 e. The molecule has 1 amide bonds. The fraction of sp³-hybridized carbons (Fsp3) is 0.273. The largest absolute Gasteiger partial charge is 0.392 e. The predicted octanol–water partition coefficient (Wildman–Crippen LogP) is 2.96. The van der Waals surface area contributed by atoms with E-state index in [4.69, 9.17) is 18.0 Å². The molecule has 0 saturated heterocycles. The van der Waals surface area contributed by atoms with Crippen molar-refractivity contribution in [1.29, 1.82) is 0 Å². The maximum absolute atomic E-state index is 12.2. The van der Waals surface area contributed by atoms with E-state index >= 15 is 0 Å². The van der Waals surface area contributed by atoms with Gasteiger partial charge in [-0.2, -0.15) is 0 Å². The molecule has 6 heteroatoms. The molecule has 3 nitrogen and oxygen atoms in total. The van der Waals surface area contributed by atoms with Crippen LogP contribution in [0.5, 0.6) is 0 Å². The summed E-state index contributed by atoms with van der Waals surface area (Å²) in [6.45, 7) is 2.75. The molecule has 0 atom stereocenters. The topological polar surface area (TPSA) is 46.3 Å². The van der Waals surface area contributed by atoms with Gasteiger partial charge in [0.25, 0.3) is 5.91 Å². The van der Waals surface area contributed by atoms with Gasteiger partial charge in [-0.05, 0) is 41.1 Å². The second kappa shape index (κ2) is 6.47. The quantitative estimate of drug-likeness (QED) is 0.818. The first kappa shape index (κ1) is 14.6. The Morgan fingerprint density at radius 1 is 1.47 bits per heavy atom. The number of rotatable bonds is 4. The minimum absolute atomic E-state index is 0.0894. The van der Waals surface area contributed by atoms with Crippen molar-refractivity contribution in [3.63, 3.8) is 0 Å². The molecule has 1 aromatic carbocycles. The highest BCUT2D eigenvalue weighted by atomic mass is 79.9. The van der Waals surface area contributed by atoms with Crippen LogP contribution in [0, 0.1) is 0 Å². The van der Waals surface area contributed by atoms with E-state index in [0.29, 0.717) is 23.6 Å². The van der Waals surface area contributed by atoms with Crippen LogP contribution < -0.4 is 5.73 Å². The molecule has 1 rings (SSSR count). The second-order valence-corrected chi connectivity index (χ2v) is 5.70. The summed E-state index contributed by atoms with van der Waals surface area (Å²) in [5, 5.41) is 0. The molecule has 0 heterocycles. The van der Waals surface area contributed by atoms with Crippen LogP contribution >= 0.6 is 44.1 Å². The lowest BCUT2D eigenvalue weighted by molar-refractivity contribution is 0.0787. The summed E-state index contributed by atoms with van der Waals surface area (Å²) < 4.78 is 1.61. The third-order valence-electron chi connectivity index (χ3n) is 2.17. The van der Waals surface area contributed by atoms with E-state index in [-0.39, 0.29) is 5.91 Å². The zero-order valence-corrected chi connectivity index (χ0v) is 13.2. The maximum atomic E-state index is 12.2. The lowest BCUT2D eigenvalue weighted by Crippen LogP contribution is -2.37. The van der Waals surface area contributed by atoms with Crippen LogP contribution in [0.25, 0.3) is 0 Å². The van der Waals surface area contributed by atoms with Gasteiger partial charge < -0.3 is 10.6 Å². The van der Waals surface area contributed by atoms with Crippen molar-refractivity contribution in [1.82, 2.24) is 4.90 Å². The summed E-state index contributed by atoms with van der Waals surface area (Å²) in [5.74, 6) is -0.0894. The zero-order chi connectivity index (χ0) is 13.0. The van der Waals surface area contributed by atoms with Crippen LogP contribution in [0.1, 0.15) is 17.3 Å². The zero-order valence-electron chi connectivity index (χ0n) is 9.24. The molecule has 92 valence electrons. The molecule has 0 aliphatic carbocycles. The molecule has 17 heavy (non-hydrogen) atoms. The standard InChI is InChI=1S/C11H12Br2N2OS/c1-2-15(6-10(14)17)11(16)8-5-7(12)3-4-9(8)13/h3-5H,2,6H2,1H3,(H2,14,17). The lowest BCUT2D eigenvalue weighted by atomic mass is 10.2. The molecule has 0 aromatic heterocycles. The van der Waals surface area contributed by atoms with Crippen molar-refractivity contribution < 1.29 is 4.79 Å². The Balaban J connectivity index is 3.01. The van der Waals surface area contributed by atoms with Crippen molar-refractivity contribution >= 4 is 55.0 Å². The van der Waals surface area contributed by atoms with Crippen LogP contribution in [-0.2, 0) is 0 Å². The SMILES string of the molecule is CCN(CC(N)=S)C(=O)c1cc(Br)ccc1Br. The lowest BCUT2D eigenvalue weighted by Gasteiger charge is -2.20. The monoisotopic (exact) mass is 378 g/mol. The molecule has 0 aliphatic heterocycles. The van der Waals surface area contributed by atoms with Crippen molar-refractivity contribution in [2.75, 3.05) is 13.1 Å². The average Bonchev–Trinajstić information content (AvgIpc) is 2.28. The molecule has 0 aliphatic rings. The van der Waals surface area contributed by atoms with Crippen LogP contribution in [-0.4, -0.2) is 28.9 Å². The van der Waals surface area contributed by atoms with Gasteiger partial charge in [0.15, 0.2) is 0 Å². The number of carbonyl (C=O) groups excluding carboxylic acids is 1. The van der Waals surface area contributed by atoms with Gasteiger partial charge in [-0.3, -0.25) is 4.79 Å². The Morgan fingerprint density at radius 2 is 2.12 bits per heavy atom. The molecule has 1 aromatic rings. The van der Waals surface area contributed by atoms with Gasteiger partial charge in [0.2, 0.25) is 0 Å². The molecule has 0 bridgehead atoms. The Labute approximate surface area is 123 Å². The van der Waals surface area contributed by atoms with E-state index in [9.17, 15) is 4.79 Å². The number of amides is 1. The van der Waals surface area contributed by atoms with Gasteiger partial charge in [0, 0.05) is 15.5 Å². The van der Waals surface area contributed by atoms with Gasteiger partial charge in [-0.25, -0.2) is 0 Å². The Hall–Kier alpha value is -0.460. The number of carbonyl (C=O) groups is 1. The maximum Gasteiger partial charge on any atom is 0.255 e. The molecule has 0 spiro atoms. The van der Waals surface area contributed by atoms with Gasteiger partial charge >= 0.3 is 0 Å². The summed E-state index contributed by atoms with van der Waals surface area (Å²) in [6, 6.07) is 5.46. The summed E-state index contributed by atoms with van der Waals surface area (Å²) in [6.07, 6.45) is 0. The van der Waals surface area contributed by atoms with Crippen LogP contribution in [0.15, 0.2) is 27.1 Å². The minimum Gasteiger partial charge on any atom is -0.392 e. The van der Waals surface area contributed by atoms with Crippen molar-refractivity contribution in [3.05, 3.63) is 32.7 Å². The molecule has 0 saturated carbocycles. The number of benzene rings is 1. The number of thiocarbonyl (C=S) groups is 1. The molecular weight excluding hydrogens is 368 g/mol. The van der Waals surface area contributed by atoms with Crippen LogP contribution in [0.2, 0.25) is 0 Å².